The quantitative estimate of drug-likeness (QED) is 0.617. The summed E-state index contributed by atoms with van der Waals surface area (Å²) in [5.74, 6) is -0.0677. The summed E-state index contributed by atoms with van der Waals surface area (Å²) >= 11 is 13.2. The monoisotopic (exact) mass is 407 g/mol. The highest BCUT2D eigenvalue weighted by atomic mass is 35.5. The minimum absolute atomic E-state index is 0.145. The average molecular weight is 408 g/mol. The Morgan fingerprint density at radius 3 is 2.65 bits per heavy atom. The van der Waals surface area contributed by atoms with Crippen LogP contribution in [0.15, 0.2) is 47.6 Å². The number of nitrogens with zero attached hydrogens (tertiary/aromatic N) is 4. The Bertz CT molecular complexity index is 914. The highest BCUT2D eigenvalue weighted by Gasteiger charge is 2.12. The molecule has 3 rings (SSSR count). The zero-order chi connectivity index (χ0) is 18.5. The van der Waals surface area contributed by atoms with Crippen molar-refractivity contribution in [2.75, 3.05) is 11.1 Å². The van der Waals surface area contributed by atoms with Gasteiger partial charge in [0.05, 0.1) is 22.2 Å². The molecule has 0 bridgehead atoms. The summed E-state index contributed by atoms with van der Waals surface area (Å²) in [7, 11) is 0. The molecule has 0 aliphatic heterocycles. The number of anilines is 1. The largest absolute Gasteiger partial charge is 0.324 e. The lowest BCUT2D eigenvalue weighted by atomic mass is 10.1. The van der Waals surface area contributed by atoms with E-state index in [-0.39, 0.29) is 11.7 Å². The zero-order valence-corrected chi connectivity index (χ0v) is 16.1. The van der Waals surface area contributed by atoms with Crippen molar-refractivity contribution in [2.45, 2.75) is 18.5 Å². The summed E-state index contributed by atoms with van der Waals surface area (Å²) in [5.41, 5.74) is 2.59. The number of nitrogens with one attached hydrogen (secondary N) is 1. The number of carbonyl (C=O) groups is 1. The van der Waals surface area contributed by atoms with Crippen molar-refractivity contribution in [3.8, 4) is 5.69 Å². The second-order valence-corrected chi connectivity index (χ2v) is 7.14. The van der Waals surface area contributed by atoms with Gasteiger partial charge in [-0.05, 0) is 52.7 Å². The first-order valence-electron chi connectivity index (χ1n) is 7.82. The third-order valence-corrected chi connectivity index (χ3v) is 5.03. The Kier molecular flexibility index (Phi) is 6.13. The molecule has 3 aromatic rings. The van der Waals surface area contributed by atoms with E-state index in [0.29, 0.717) is 20.9 Å². The summed E-state index contributed by atoms with van der Waals surface area (Å²) in [6.45, 7) is 2.10. The number of aromatic nitrogens is 4. The van der Waals surface area contributed by atoms with Crippen molar-refractivity contribution in [1.29, 1.82) is 0 Å². The molecule has 0 aliphatic carbocycles. The molecule has 1 aromatic heterocycles. The second-order valence-electron chi connectivity index (χ2n) is 5.35. The van der Waals surface area contributed by atoms with Gasteiger partial charge in [-0.3, -0.25) is 4.79 Å². The molecule has 0 saturated heterocycles. The number of halogens is 2. The number of hydrogen-bond donors (Lipinski definition) is 1. The molecule has 0 unspecified atom stereocenters. The van der Waals surface area contributed by atoms with Crippen LogP contribution in [0.2, 0.25) is 10.0 Å². The summed E-state index contributed by atoms with van der Waals surface area (Å²) in [4.78, 5) is 12.2. The summed E-state index contributed by atoms with van der Waals surface area (Å²) in [6, 6.07) is 12.9. The number of hydrogen-bond acceptors (Lipinski definition) is 5. The van der Waals surface area contributed by atoms with Crippen LogP contribution in [-0.4, -0.2) is 31.9 Å². The Balaban J connectivity index is 1.64. The van der Waals surface area contributed by atoms with Gasteiger partial charge in [0.1, 0.15) is 0 Å². The normalized spacial score (nSPS) is 10.7. The SMILES string of the molecule is CCc1ccc(-n2nnnc2SCC(=O)Nc2ccc(Cl)cc2Cl)cc1. The second kappa shape index (κ2) is 8.53. The highest BCUT2D eigenvalue weighted by Crippen LogP contribution is 2.26. The van der Waals surface area contributed by atoms with E-state index in [9.17, 15) is 4.79 Å². The molecule has 9 heteroatoms. The van der Waals surface area contributed by atoms with Crippen LogP contribution in [0, 0.1) is 0 Å². The highest BCUT2D eigenvalue weighted by molar-refractivity contribution is 7.99. The molecule has 6 nitrogen and oxygen atoms in total. The molecule has 1 N–H and O–H groups in total. The van der Waals surface area contributed by atoms with Gasteiger partial charge >= 0.3 is 0 Å². The maximum absolute atomic E-state index is 12.2. The Morgan fingerprint density at radius 1 is 1.19 bits per heavy atom. The van der Waals surface area contributed by atoms with E-state index in [1.54, 1.807) is 22.9 Å². The Morgan fingerprint density at radius 2 is 1.96 bits per heavy atom. The molecule has 1 amide bonds. The fourth-order valence-corrected chi connectivity index (χ4v) is 3.36. The number of thioether (sulfide) groups is 1. The standard InChI is InChI=1S/C17H15Cl2N5OS/c1-2-11-3-6-13(7-4-11)24-17(21-22-23-24)26-10-16(25)20-15-8-5-12(18)9-14(15)19/h3-9H,2,10H2,1H3,(H,20,25). The number of amides is 1. The first-order chi connectivity index (χ1) is 12.6. The van der Waals surface area contributed by atoms with Crippen molar-refractivity contribution in [3.63, 3.8) is 0 Å². The van der Waals surface area contributed by atoms with Crippen LogP contribution in [0.1, 0.15) is 12.5 Å². The van der Waals surface area contributed by atoms with Crippen LogP contribution in [0.25, 0.3) is 5.69 Å². The van der Waals surface area contributed by atoms with Gasteiger partial charge in [0.25, 0.3) is 0 Å². The van der Waals surface area contributed by atoms with Crippen LogP contribution < -0.4 is 5.32 Å². The lowest BCUT2D eigenvalue weighted by Gasteiger charge is -2.08. The van der Waals surface area contributed by atoms with Gasteiger partial charge in [-0.2, -0.15) is 4.68 Å². The van der Waals surface area contributed by atoms with Gasteiger partial charge in [0.15, 0.2) is 0 Å². The fraction of sp³-hybridized carbons (Fsp3) is 0.176. The molecule has 2 aromatic carbocycles. The van der Waals surface area contributed by atoms with Crippen molar-refractivity contribution >= 4 is 46.6 Å². The zero-order valence-electron chi connectivity index (χ0n) is 13.8. The van der Waals surface area contributed by atoms with Crippen molar-refractivity contribution in [3.05, 3.63) is 58.1 Å². The molecule has 0 fully saturated rings. The van der Waals surface area contributed by atoms with Crippen LogP contribution in [-0.2, 0) is 11.2 Å². The number of rotatable bonds is 6. The Labute approximate surface area is 164 Å². The van der Waals surface area contributed by atoms with Crippen molar-refractivity contribution in [2.24, 2.45) is 0 Å². The van der Waals surface area contributed by atoms with Crippen molar-refractivity contribution < 1.29 is 4.79 Å². The van der Waals surface area contributed by atoms with Gasteiger partial charge in [-0.1, -0.05) is 54.0 Å². The number of benzene rings is 2. The van der Waals surface area contributed by atoms with E-state index in [1.165, 1.54) is 17.3 Å². The van der Waals surface area contributed by atoms with Crippen LogP contribution in [0.5, 0.6) is 0 Å². The van der Waals surface area contributed by atoms with Crippen molar-refractivity contribution in [1.82, 2.24) is 20.2 Å². The average Bonchev–Trinajstić information content (AvgIpc) is 3.11. The molecule has 26 heavy (non-hydrogen) atoms. The molecule has 0 saturated carbocycles. The number of carbonyl (C=O) groups excluding carboxylic acids is 1. The summed E-state index contributed by atoms with van der Waals surface area (Å²) in [5, 5.41) is 15.9. The molecule has 0 spiro atoms. The number of aryl methyl sites for hydroxylation is 1. The number of tetrazole rings is 1. The van der Waals surface area contributed by atoms with Gasteiger partial charge in [-0.15, -0.1) is 5.10 Å². The van der Waals surface area contributed by atoms with E-state index >= 15 is 0 Å². The molecule has 0 aliphatic rings. The molecule has 0 radical (unpaired) electrons. The first-order valence-corrected chi connectivity index (χ1v) is 9.56. The van der Waals surface area contributed by atoms with E-state index in [1.807, 2.05) is 24.3 Å². The maximum Gasteiger partial charge on any atom is 0.234 e. The third-order valence-electron chi connectivity index (χ3n) is 3.57. The van der Waals surface area contributed by atoms with Crippen LogP contribution in [0.3, 0.4) is 0 Å². The topological polar surface area (TPSA) is 72.7 Å². The molecular formula is C17H15Cl2N5OS. The summed E-state index contributed by atoms with van der Waals surface area (Å²) in [6.07, 6.45) is 0.963. The van der Waals surface area contributed by atoms with Gasteiger partial charge < -0.3 is 5.32 Å². The van der Waals surface area contributed by atoms with E-state index in [4.69, 9.17) is 23.2 Å². The maximum atomic E-state index is 12.2. The van der Waals surface area contributed by atoms with E-state index in [0.717, 1.165) is 12.1 Å². The molecule has 1 heterocycles. The van der Waals surface area contributed by atoms with E-state index < -0.39 is 0 Å². The van der Waals surface area contributed by atoms with Crippen LogP contribution in [0.4, 0.5) is 5.69 Å². The minimum Gasteiger partial charge on any atom is -0.324 e. The lowest BCUT2D eigenvalue weighted by Crippen LogP contribution is -2.15. The molecule has 0 atom stereocenters. The molecular weight excluding hydrogens is 393 g/mol. The first kappa shape index (κ1) is 18.7. The Hall–Kier alpha value is -2.09. The predicted octanol–water partition coefficient (Wildman–Crippen LogP) is 4.26. The minimum atomic E-state index is -0.213. The van der Waals surface area contributed by atoms with Gasteiger partial charge in [0.2, 0.25) is 11.1 Å². The van der Waals surface area contributed by atoms with Crippen LogP contribution >= 0.6 is 35.0 Å². The lowest BCUT2D eigenvalue weighted by molar-refractivity contribution is -0.113. The molecule has 134 valence electrons. The predicted molar refractivity (Wildman–Crippen MR) is 104 cm³/mol. The van der Waals surface area contributed by atoms with Gasteiger partial charge in [0, 0.05) is 5.02 Å². The smallest absolute Gasteiger partial charge is 0.234 e. The third kappa shape index (κ3) is 4.55. The fourth-order valence-electron chi connectivity index (χ4n) is 2.21. The van der Waals surface area contributed by atoms with E-state index in [2.05, 4.69) is 27.8 Å². The summed E-state index contributed by atoms with van der Waals surface area (Å²) < 4.78 is 1.60. The van der Waals surface area contributed by atoms with Gasteiger partial charge in [-0.25, -0.2) is 0 Å².